The lowest BCUT2D eigenvalue weighted by atomic mass is 9.89. The topological polar surface area (TPSA) is 55.3 Å². The van der Waals surface area contributed by atoms with Crippen molar-refractivity contribution in [2.75, 3.05) is 13.2 Å². The van der Waals surface area contributed by atoms with Crippen molar-refractivity contribution >= 4 is 21.0 Å². The van der Waals surface area contributed by atoms with Gasteiger partial charge in [0.1, 0.15) is 0 Å². The maximum absolute atomic E-state index is 6.71. The van der Waals surface area contributed by atoms with E-state index >= 15 is 0 Å². The highest BCUT2D eigenvalue weighted by atomic mass is 28.4. The zero-order valence-corrected chi connectivity index (χ0v) is 25.2. The Morgan fingerprint density at radius 2 is 1.21 bits per heavy atom. The molecule has 4 nitrogen and oxygen atoms in total. The number of unbranched alkanes of at least 4 members (excludes halogenated alkanes) is 3. The van der Waals surface area contributed by atoms with Crippen LogP contribution in [0.3, 0.4) is 0 Å². The summed E-state index contributed by atoms with van der Waals surface area (Å²) in [5.41, 5.74) is 7.25. The molecule has 6 heteroatoms. The first-order valence-electron chi connectivity index (χ1n) is 14.0. The highest BCUT2D eigenvalue weighted by Crippen LogP contribution is 2.26. The Morgan fingerprint density at radius 1 is 0.735 bits per heavy atom. The molecule has 0 bridgehead atoms. The molecule has 0 fully saturated rings. The summed E-state index contributed by atoms with van der Waals surface area (Å²) in [6, 6.07) is 0.904. The molecule has 0 saturated heterocycles. The van der Waals surface area contributed by atoms with Gasteiger partial charge < -0.3 is 26.0 Å². The summed E-state index contributed by atoms with van der Waals surface area (Å²) in [4.78, 5) is 0. The summed E-state index contributed by atoms with van der Waals surface area (Å²) in [5.74, 6) is 0. The van der Waals surface area contributed by atoms with Crippen LogP contribution in [0.15, 0.2) is 0 Å². The smallest absolute Gasteiger partial charge is 0.391 e. The highest BCUT2D eigenvalue weighted by Gasteiger charge is 2.48. The molecule has 198 valence electrons. The van der Waals surface area contributed by atoms with Gasteiger partial charge in [0.2, 0.25) is 0 Å². The van der Waals surface area contributed by atoms with Crippen molar-refractivity contribution < 1.29 is 19.1 Å². The minimum atomic E-state index is -2.51. The third kappa shape index (κ3) is 9.77. The normalized spacial score (nSPS) is 12.8. The van der Waals surface area contributed by atoms with Gasteiger partial charge in [-0.3, -0.25) is 0 Å². The van der Waals surface area contributed by atoms with Crippen LogP contribution in [0.4, 0.5) is 0 Å². The average molecular weight is 494 g/mol. The number of quaternary nitrogens is 1. The lowest BCUT2D eigenvalue weighted by Gasteiger charge is -2.30. The lowest BCUT2D eigenvalue weighted by molar-refractivity contribution is -0.228. The van der Waals surface area contributed by atoms with E-state index in [0.717, 1.165) is 57.4 Å². The molecule has 3 N–H and O–H groups in total. The van der Waals surface area contributed by atoms with E-state index in [0.29, 0.717) is 13.2 Å². The molecular weight excluding hydrogens is 437 g/mol. The van der Waals surface area contributed by atoms with E-state index in [1.165, 1.54) is 39.4 Å². The predicted octanol–water partition coefficient (Wildman–Crippen LogP) is 6.16. The summed E-state index contributed by atoms with van der Waals surface area (Å²) in [6.45, 7) is 25.0. The van der Waals surface area contributed by atoms with Crippen LogP contribution in [0, 0.1) is 20.8 Å². The van der Waals surface area contributed by atoms with Gasteiger partial charge in [0, 0.05) is 24.4 Å². The third-order valence-electron chi connectivity index (χ3n) is 6.67. The standard InChI is InChI=1S/C24H47BNO3Si.C4H9/c1-9-15-17-27-25(28-18-16-10-2)29-30(26,14-6)24-20(8)21(11-3)19(7)22(12-4)23(24)13-5;1-3-4-2/h9-18H2,1-8,26H3;1,3-4H2,2H3/q+1;-1. The number of rotatable bonds is 16. The minimum absolute atomic E-state index is 0.618. The molecule has 0 aromatic heterocycles. The first-order chi connectivity index (χ1) is 16.3. The zero-order valence-electron chi connectivity index (χ0n) is 24.2. The Hall–Kier alpha value is -0.658. The van der Waals surface area contributed by atoms with Crippen molar-refractivity contribution in [1.82, 2.24) is 0 Å². The van der Waals surface area contributed by atoms with Crippen molar-refractivity contribution in [3.8, 4) is 0 Å². The molecule has 34 heavy (non-hydrogen) atoms. The van der Waals surface area contributed by atoms with Crippen molar-refractivity contribution in [2.24, 2.45) is 0 Å². The van der Waals surface area contributed by atoms with Gasteiger partial charge in [-0.2, -0.15) is 6.42 Å². The summed E-state index contributed by atoms with van der Waals surface area (Å²) in [6.07, 6.45) is 9.59. The quantitative estimate of drug-likeness (QED) is 0.171. The van der Waals surface area contributed by atoms with Crippen LogP contribution in [0.5, 0.6) is 0 Å². The largest absolute Gasteiger partial charge is 0.632 e. The lowest BCUT2D eigenvalue weighted by Crippen LogP contribution is -2.86. The van der Waals surface area contributed by atoms with E-state index in [2.05, 4.69) is 69.2 Å². The van der Waals surface area contributed by atoms with Gasteiger partial charge in [-0.1, -0.05) is 67.7 Å². The van der Waals surface area contributed by atoms with Crippen LogP contribution in [-0.4, -0.2) is 29.0 Å². The molecule has 1 aromatic carbocycles. The fraction of sp³-hybridized carbons (Fsp3) is 0.750. The third-order valence-corrected chi connectivity index (χ3v) is 10.0. The Bertz CT molecular complexity index is 674. The Morgan fingerprint density at radius 3 is 1.56 bits per heavy atom. The first-order valence-corrected chi connectivity index (χ1v) is 16.3. The monoisotopic (exact) mass is 493 g/mol. The summed E-state index contributed by atoms with van der Waals surface area (Å²) in [7, 11) is -3.13. The molecule has 1 atom stereocenters. The van der Waals surface area contributed by atoms with Crippen LogP contribution in [0.2, 0.25) is 6.04 Å². The fourth-order valence-corrected chi connectivity index (χ4v) is 7.36. The maximum Gasteiger partial charge on any atom is 0.632 e. The van der Waals surface area contributed by atoms with Crippen LogP contribution in [0.1, 0.15) is 115 Å². The summed E-state index contributed by atoms with van der Waals surface area (Å²) >= 11 is 0. The van der Waals surface area contributed by atoms with Gasteiger partial charge in [-0.05, 0) is 73.8 Å². The van der Waals surface area contributed by atoms with Gasteiger partial charge in [-0.15, -0.1) is 0 Å². The van der Waals surface area contributed by atoms with E-state index in [1.807, 2.05) is 0 Å². The van der Waals surface area contributed by atoms with Gasteiger partial charge in [0.15, 0.2) is 0 Å². The Balaban J connectivity index is 0.00000251. The second-order valence-corrected chi connectivity index (χ2v) is 12.6. The summed E-state index contributed by atoms with van der Waals surface area (Å²) < 4.78 is 18.8. The van der Waals surface area contributed by atoms with Gasteiger partial charge in [0.25, 0.3) is 0 Å². The molecule has 0 aliphatic rings. The van der Waals surface area contributed by atoms with Crippen LogP contribution in [-0.2, 0) is 32.9 Å². The van der Waals surface area contributed by atoms with Gasteiger partial charge in [-0.25, -0.2) is 0 Å². The van der Waals surface area contributed by atoms with Crippen LogP contribution >= 0.6 is 0 Å². The summed E-state index contributed by atoms with van der Waals surface area (Å²) in [5, 5.41) is 6.15. The minimum Gasteiger partial charge on any atom is -0.391 e. The van der Waals surface area contributed by atoms with E-state index in [-0.39, 0.29) is 0 Å². The zero-order chi connectivity index (χ0) is 26.1. The van der Waals surface area contributed by atoms with Gasteiger partial charge >= 0.3 is 15.8 Å². The molecule has 1 rings (SSSR count). The molecular formula is C28H56BNO3Si. The first kappa shape index (κ1) is 33.3. The van der Waals surface area contributed by atoms with E-state index in [9.17, 15) is 0 Å². The molecule has 0 heterocycles. The van der Waals surface area contributed by atoms with Crippen LogP contribution in [0.25, 0.3) is 0 Å². The van der Waals surface area contributed by atoms with E-state index < -0.39 is 15.8 Å². The number of benzene rings is 1. The fourth-order valence-electron chi connectivity index (χ4n) is 4.50. The van der Waals surface area contributed by atoms with Gasteiger partial charge in [0.05, 0.1) is 0 Å². The molecule has 1 aromatic rings. The maximum atomic E-state index is 6.71. The van der Waals surface area contributed by atoms with Crippen molar-refractivity contribution in [1.29, 1.82) is 0 Å². The van der Waals surface area contributed by atoms with Crippen LogP contribution < -0.4 is 10.6 Å². The Labute approximate surface area is 214 Å². The highest BCUT2D eigenvalue weighted by molar-refractivity contribution is 6.83. The second-order valence-electron chi connectivity index (χ2n) is 9.18. The Kier molecular flexibility index (Phi) is 18.2. The SMILES string of the molecule is CCCCOB(OCCCC)O[Si]([NH3+])(CC)c1c(C)c(CC)c(C)c(CC)c1CC.[CH2-]CCC. The molecule has 0 aliphatic carbocycles. The molecule has 0 radical (unpaired) electrons. The molecule has 1 unspecified atom stereocenters. The molecule has 0 saturated carbocycles. The number of hydrogen-bond donors (Lipinski definition) is 1. The predicted molar refractivity (Wildman–Crippen MR) is 152 cm³/mol. The van der Waals surface area contributed by atoms with Crippen molar-refractivity contribution in [3.05, 3.63) is 34.7 Å². The molecule has 0 aliphatic heterocycles. The molecule has 0 spiro atoms. The van der Waals surface area contributed by atoms with Crippen molar-refractivity contribution in [2.45, 2.75) is 126 Å². The van der Waals surface area contributed by atoms with E-state index in [1.54, 1.807) is 0 Å². The average Bonchev–Trinajstić information content (AvgIpc) is 2.84. The second kappa shape index (κ2) is 18.6. The molecule has 0 amide bonds. The van der Waals surface area contributed by atoms with Crippen molar-refractivity contribution in [3.63, 3.8) is 0 Å². The number of hydrogen-bond acceptors (Lipinski definition) is 3. The van der Waals surface area contributed by atoms with E-state index in [4.69, 9.17) is 19.1 Å².